The summed E-state index contributed by atoms with van der Waals surface area (Å²) in [4.78, 5) is 0. The van der Waals surface area contributed by atoms with Gasteiger partial charge in [0.15, 0.2) is 6.61 Å². The van der Waals surface area contributed by atoms with Crippen molar-refractivity contribution in [2.75, 3.05) is 26.4 Å². The summed E-state index contributed by atoms with van der Waals surface area (Å²) in [5, 5.41) is 10.2. The van der Waals surface area contributed by atoms with Gasteiger partial charge in [-0.2, -0.15) is 0 Å². The first-order valence-electron chi connectivity index (χ1n) is 3.89. The van der Waals surface area contributed by atoms with Gasteiger partial charge in [0.1, 0.15) is 0 Å². The Morgan fingerprint density at radius 2 is 2.10 bits per heavy atom. The molecule has 0 radical (unpaired) electrons. The molecule has 1 aliphatic rings. The van der Waals surface area contributed by atoms with E-state index in [0.717, 1.165) is 32.6 Å². The Labute approximate surface area is 61.4 Å². The van der Waals surface area contributed by atoms with Gasteiger partial charge in [-0.05, 0) is 12.8 Å². The van der Waals surface area contributed by atoms with Gasteiger partial charge in [-0.25, -0.2) is 0 Å². The molecule has 0 aliphatic carbocycles. The van der Waals surface area contributed by atoms with Gasteiger partial charge in [0, 0.05) is 19.3 Å². The van der Waals surface area contributed by atoms with E-state index in [4.69, 9.17) is 9.84 Å². The molecule has 60 valence electrons. The highest BCUT2D eigenvalue weighted by Gasteiger charge is 2.11. The minimum absolute atomic E-state index is 0.483. The van der Waals surface area contributed by atoms with Crippen molar-refractivity contribution in [2.45, 2.75) is 18.9 Å². The van der Waals surface area contributed by atoms with E-state index in [1.165, 1.54) is 0 Å². The molecule has 0 saturated carbocycles. The Morgan fingerprint density at radius 1 is 1.40 bits per heavy atom. The second-order valence-electron chi connectivity index (χ2n) is 2.59. The molecule has 3 nitrogen and oxygen atoms in total. The van der Waals surface area contributed by atoms with Crippen LogP contribution < -0.4 is 5.32 Å². The van der Waals surface area contributed by atoms with Crippen LogP contribution >= 0.6 is 0 Å². The van der Waals surface area contributed by atoms with Crippen LogP contribution in [0.5, 0.6) is 0 Å². The van der Waals surface area contributed by atoms with Crippen molar-refractivity contribution in [1.82, 2.24) is 5.32 Å². The lowest BCUT2D eigenvalue weighted by Gasteiger charge is -2.22. The summed E-state index contributed by atoms with van der Waals surface area (Å²) in [6, 6.07) is 0.610. The van der Waals surface area contributed by atoms with Gasteiger partial charge < -0.3 is 15.2 Å². The molecule has 0 aromatic rings. The standard InChI is InChI=1S/C7H15NO2/c9-4-3-8-7-1-5-10-6-2-7/h7-9H,1-6H2/p+1. The summed E-state index contributed by atoms with van der Waals surface area (Å²) in [5.41, 5.74) is 0. The van der Waals surface area contributed by atoms with Crippen molar-refractivity contribution in [2.24, 2.45) is 0 Å². The molecule has 0 amide bonds. The summed E-state index contributed by atoms with van der Waals surface area (Å²) in [7, 11) is 0. The SMILES string of the molecule is [OH2+]CCNC1CCOCC1. The second-order valence-corrected chi connectivity index (χ2v) is 2.59. The smallest absolute Gasteiger partial charge is 0.156 e. The summed E-state index contributed by atoms with van der Waals surface area (Å²) in [6.45, 7) is 3.08. The van der Waals surface area contributed by atoms with Crippen LogP contribution in [-0.4, -0.2) is 37.5 Å². The zero-order chi connectivity index (χ0) is 7.23. The first-order valence-corrected chi connectivity index (χ1v) is 3.89. The molecule has 0 unspecified atom stereocenters. The number of ether oxygens (including phenoxy) is 1. The van der Waals surface area contributed by atoms with Gasteiger partial charge in [-0.1, -0.05) is 0 Å². The summed E-state index contributed by atoms with van der Waals surface area (Å²) in [5.74, 6) is 0. The first-order chi connectivity index (χ1) is 4.93. The quantitative estimate of drug-likeness (QED) is 0.544. The third-order valence-corrected chi connectivity index (χ3v) is 1.78. The van der Waals surface area contributed by atoms with Crippen molar-refractivity contribution >= 4 is 0 Å². The van der Waals surface area contributed by atoms with Crippen LogP contribution in [0.25, 0.3) is 0 Å². The van der Waals surface area contributed by atoms with Gasteiger partial charge in [0.05, 0.1) is 6.54 Å². The first kappa shape index (κ1) is 7.98. The van der Waals surface area contributed by atoms with E-state index >= 15 is 0 Å². The van der Waals surface area contributed by atoms with Crippen LogP contribution in [0.2, 0.25) is 0 Å². The molecule has 1 heterocycles. The lowest BCUT2D eigenvalue weighted by molar-refractivity contribution is 0.0767. The molecular weight excluding hydrogens is 130 g/mol. The van der Waals surface area contributed by atoms with Crippen LogP contribution in [0.1, 0.15) is 12.8 Å². The maximum absolute atomic E-state index is 6.93. The molecule has 0 aromatic carbocycles. The van der Waals surface area contributed by atoms with Crippen LogP contribution in [0.4, 0.5) is 0 Å². The molecule has 1 saturated heterocycles. The third kappa shape index (κ3) is 2.64. The van der Waals surface area contributed by atoms with E-state index in [-0.39, 0.29) is 0 Å². The molecule has 1 fully saturated rings. The Bertz CT molecular complexity index is 81.7. The van der Waals surface area contributed by atoms with Gasteiger partial charge in [0.2, 0.25) is 0 Å². The van der Waals surface area contributed by atoms with Gasteiger partial charge in [-0.3, -0.25) is 0 Å². The Balaban J connectivity index is 2.02. The van der Waals surface area contributed by atoms with E-state index < -0.39 is 0 Å². The van der Waals surface area contributed by atoms with Crippen molar-refractivity contribution in [3.05, 3.63) is 0 Å². The molecule has 0 atom stereocenters. The van der Waals surface area contributed by atoms with E-state index in [1.807, 2.05) is 0 Å². The molecule has 0 aromatic heterocycles. The van der Waals surface area contributed by atoms with E-state index in [0.29, 0.717) is 12.6 Å². The maximum Gasteiger partial charge on any atom is 0.156 e. The van der Waals surface area contributed by atoms with Crippen LogP contribution in [0.3, 0.4) is 0 Å². The predicted molar refractivity (Wildman–Crippen MR) is 40.3 cm³/mol. The fourth-order valence-electron chi connectivity index (χ4n) is 1.18. The third-order valence-electron chi connectivity index (χ3n) is 1.78. The highest BCUT2D eigenvalue weighted by Crippen LogP contribution is 2.04. The van der Waals surface area contributed by atoms with Crippen LogP contribution in [0, 0.1) is 0 Å². The molecule has 1 aliphatic heterocycles. The molecule has 0 spiro atoms. The van der Waals surface area contributed by atoms with E-state index in [2.05, 4.69) is 5.32 Å². The normalized spacial score (nSPS) is 21.3. The summed E-state index contributed by atoms with van der Waals surface area (Å²) >= 11 is 0. The van der Waals surface area contributed by atoms with Gasteiger partial charge in [-0.15, -0.1) is 0 Å². The monoisotopic (exact) mass is 146 g/mol. The molecule has 1 rings (SSSR count). The van der Waals surface area contributed by atoms with Gasteiger partial charge >= 0.3 is 0 Å². The zero-order valence-electron chi connectivity index (χ0n) is 6.23. The van der Waals surface area contributed by atoms with Crippen LogP contribution in [0.15, 0.2) is 0 Å². The van der Waals surface area contributed by atoms with E-state index in [1.54, 1.807) is 0 Å². The summed E-state index contributed by atoms with van der Waals surface area (Å²) in [6.07, 6.45) is 2.22. The number of nitrogens with one attached hydrogen (secondary N) is 1. The predicted octanol–water partition coefficient (Wildman–Crippen LogP) is -0.520. The zero-order valence-corrected chi connectivity index (χ0v) is 6.23. The Kier molecular flexibility index (Phi) is 3.72. The lowest BCUT2D eigenvalue weighted by Crippen LogP contribution is -2.36. The molecule has 3 heteroatoms. The van der Waals surface area contributed by atoms with Crippen LogP contribution in [-0.2, 0) is 4.74 Å². The highest BCUT2D eigenvalue weighted by molar-refractivity contribution is 4.69. The molecule has 0 bridgehead atoms. The van der Waals surface area contributed by atoms with E-state index in [9.17, 15) is 0 Å². The van der Waals surface area contributed by atoms with Crippen molar-refractivity contribution < 1.29 is 9.84 Å². The molecule has 10 heavy (non-hydrogen) atoms. The minimum atomic E-state index is 0.483. The van der Waals surface area contributed by atoms with Crippen molar-refractivity contribution in [1.29, 1.82) is 0 Å². The fourth-order valence-corrected chi connectivity index (χ4v) is 1.18. The average molecular weight is 146 g/mol. The number of rotatable bonds is 3. The topological polar surface area (TPSA) is 44.2 Å². The average Bonchev–Trinajstić information content (AvgIpc) is 2.03. The molecule has 3 N–H and O–H groups in total. The maximum atomic E-state index is 6.93. The van der Waals surface area contributed by atoms with Crippen molar-refractivity contribution in [3.63, 3.8) is 0 Å². The van der Waals surface area contributed by atoms with Crippen molar-refractivity contribution in [3.8, 4) is 0 Å². The second kappa shape index (κ2) is 4.66. The lowest BCUT2D eigenvalue weighted by atomic mass is 10.1. The fraction of sp³-hybridized carbons (Fsp3) is 1.00. The summed E-state index contributed by atoms with van der Waals surface area (Å²) < 4.78 is 5.19. The Morgan fingerprint density at radius 3 is 2.70 bits per heavy atom. The Hall–Kier alpha value is -0.120. The minimum Gasteiger partial charge on any atom is -0.444 e. The highest BCUT2D eigenvalue weighted by atomic mass is 16.5. The number of hydrogen-bond donors (Lipinski definition) is 1. The largest absolute Gasteiger partial charge is 0.444 e. The number of hydrogen-bond acceptors (Lipinski definition) is 2. The molecular formula is C7H16NO2+. The van der Waals surface area contributed by atoms with Gasteiger partial charge in [0.25, 0.3) is 0 Å².